The van der Waals surface area contributed by atoms with Crippen LogP contribution in [0.15, 0.2) is 36.4 Å². The molecular formula is C26H26O6. The summed E-state index contributed by atoms with van der Waals surface area (Å²) in [6.07, 6.45) is 0. The lowest BCUT2D eigenvalue weighted by Gasteiger charge is -2.43. The lowest BCUT2D eigenvalue weighted by molar-refractivity contribution is 0.350. The molecule has 6 nitrogen and oxygen atoms in total. The van der Waals surface area contributed by atoms with Crippen molar-refractivity contribution in [2.75, 3.05) is 42.7 Å². The Morgan fingerprint density at radius 1 is 0.344 bits per heavy atom. The van der Waals surface area contributed by atoms with Gasteiger partial charge in [-0.15, -0.1) is 0 Å². The van der Waals surface area contributed by atoms with Crippen LogP contribution in [0.5, 0.6) is 34.5 Å². The standard InChI is InChI=1S/C26H26O6/c1-27-19-7-13-14(8-20(19)28-2)26-17-11-23(31-5)21(29-3)9-15(17)25(13)16-10-22(30-4)24(32-6)12-18(16)26/h7-12,25-26H,1-6H3. The molecule has 3 aromatic rings. The molecule has 3 aliphatic rings. The number of rotatable bonds is 6. The van der Waals surface area contributed by atoms with Crippen LogP contribution >= 0.6 is 0 Å². The Balaban J connectivity index is 1.85. The fourth-order valence-corrected chi connectivity index (χ4v) is 5.24. The smallest absolute Gasteiger partial charge is 0.161 e. The summed E-state index contributed by atoms with van der Waals surface area (Å²) in [7, 11) is 9.97. The summed E-state index contributed by atoms with van der Waals surface area (Å²) in [5, 5.41) is 0. The molecular weight excluding hydrogens is 408 g/mol. The number of hydrogen-bond donors (Lipinski definition) is 0. The third kappa shape index (κ3) is 2.65. The van der Waals surface area contributed by atoms with Gasteiger partial charge < -0.3 is 28.4 Å². The molecule has 166 valence electrons. The Bertz CT molecular complexity index is 972. The van der Waals surface area contributed by atoms with Crippen LogP contribution in [-0.4, -0.2) is 42.7 Å². The van der Waals surface area contributed by atoms with Gasteiger partial charge in [-0.1, -0.05) is 0 Å². The van der Waals surface area contributed by atoms with Crippen molar-refractivity contribution in [3.8, 4) is 34.5 Å². The normalized spacial score (nSPS) is 17.1. The van der Waals surface area contributed by atoms with Crippen molar-refractivity contribution < 1.29 is 28.4 Å². The Morgan fingerprint density at radius 2 is 0.500 bits per heavy atom. The Labute approximate surface area is 187 Å². The molecule has 3 aliphatic carbocycles. The van der Waals surface area contributed by atoms with Crippen LogP contribution in [0.2, 0.25) is 0 Å². The molecule has 3 aromatic carbocycles. The van der Waals surface area contributed by atoms with Crippen molar-refractivity contribution in [3.05, 3.63) is 69.8 Å². The van der Waals surface area contributed by atoms with Gasteiger partial charge in [-0.25, -0.2) is 0 Å². The van der Waals surface area contributed by atoms with E-state index in [2.05, 4.69) is 36.4 Å². The molecule has 0 atom stereocenters. The Kier molecular flexibility index (Phi) is 4.81. The first-order valence-electron chi connectivity index (χ1n) is 10.4. The maximum atomic E-state index is 5.63. The number of methoxy groups -OCH3 is 6. The maximum Gasteiger partial charge on any atom is 0.161 e. The summed E-state index contributed by atoms with van der Waals surface area (Å²) in [6.45, 7) is 0. The highest BCUT2D eigenvalue weighted by Crippen LogP contribution is 2.60. The van der Waals surface area contributed by atoms with E-state index in [0.29, 0.717) is 34.5 Å². The van der Waals surface area contributed by atoms with E-state index in [9.17, 15) is 0 Å². The van der Waals surface area contributed by atoms with Gasteiger partial charge in [-0.3, -0.25) is 0 Å². The summed E-state index contributed by atoms with van der Waals surface area (Å²) in [6, 6.07) is 12.5. The van der Waals surface area contributed by atoms with Crippen LogP contribution < -0.4 is 28.4 Å². The monoisotopic (exact) mass is 434 g/mol. The summed E-state index contributed by atoms with van der Waals surface area (Å²) in [4.78, 5) is 0. The SMILES string of the molecule is COc1cc2c(cc1OC)C1c3cc(OC)c(OC)cc3C2c2cc(OC)c(OC)cc21. The highest BCUT2D eigenvalue weighted by Gasteiger charge is 2.43. The predicted octanol–water partition coefficient (Wildman–Crippen LogP) is 4.73. The molecule has 0 fully saturated rings. The molecule has 32 heavy (non-hydrogen) atoms. The molecule has 0 radical (unpaired) electrons. The zero-order chi connectivity index (χ0) is 22.6. The quantitative estimate of drug-likeness (QED) is 0.385. The van der Waals surface area contributed by atoms with Gasteiger partial charge in [0.2, 0.25) is 0 Å². The molecule has 6 rings (SSSR count). The lowest BCUT2D eigenvalue weighted by atomic mass is 9.61. The van der Waals surface area contributed by atoms with Gasteiger partial charge >= 0.3 is 0 Å². The minimum atomic E-state index is -0.0144. The second kappa shape index (κ2) is 7.55. The van der Waals surface area contributed by atoms with E-state index < -0.39 is 0 Å². The molecule has 0 aromatic heterocycles. The van der Waals surface area contributed by atoms with Crippen molar-refractivity contribution in [2.45, 2.75) is 11.8 Å². The minimum absolute atomic E-state index is 0.0144. The van der Waals surface area contributed by atoms with Crippen LogP contribution in [0.3, 0.4) is 0 Å². The van der Waals surface area contributed by atoms with Gasteiger partial charge in [0, 0.05) is 11.8 Å². The van der Waals surface area contributed by atoms with Crippen molar-refractivity contribution in [1.29, 1.82) is 0 Å². The van der Waals surface area contributed by atoms with E-state index in [1.54, 1.807) is 42.7 Å². The zero-order valence-electron chi connectivity index (χ0n) is 19.1. The third-order valence-electron chi connectivity index (χ3n) is 6.63. The van der Waals surface area contributed by atoms with Gasteiger partial charge in [0.1, 0.15) is 0 Å². The second-order valence-corrected chi connectivity index (χ2v) is 7.87. The van der Waals surface area contributed by atoms with Crippen molar-refractivity contribution >= 4 is 0 Å². The molecule has 0 spiro atoms. The van der Waals surface area contributed by atoms with Crippen LogP contribution in [0.4, 0.5) is 0 Å². The van der Waals surface area contributed by atoms with E-state index in [0.717, 1.165) is 0 Å². The molecule has 0 amide bonds. The van der Waals surface area contributed by atoms with Crippen molar-refractivity contribution in [3.63, 3.8) is 0 Å². The second-order valence-electron chi connectivity index (χ2n) is 7.87. The van der Waals surface area contributed by atoms with E-state index in [1.165, 1.54) is 33.4 Å². The zero-order valence-corrected chi connectivity index (χ0v) is 19.1. The van der Waals surface area contributed by atoms with Gasteiger partial charge in [0.15, 0.2) is 34.5 Å². The largest absolute Gasteiger partial charge is 0.493 e. The average Bonchev–Trinajstić information content (AvgIpc) is 2.85. The van der Waals surface area contributed by atoms with E-state index in [4.69, 9.17) is 28.4 Å². The van der Waals surface area contributed by atoms with Crippen LogP contribution in [-0.2, 0) is 0 Å². The molecule has 0 saturated heterocycles. The van der Waals surface area contributed by atoms with E-state index >= 15 is 0 Å². The molecule has 0 saturated carbocycles. The van der Waals surface area contributed by atoms with E-state index in [-0.39, 0.29) is 11.8 Å². The van der Waals surface area contributed by atoms with Crippen LogP contribution in [0.1, 0.15) is 45.2 Å². The number of hydrogen-bond acceptors (Lipinski definition) is 6. The third-order valence-corrected chi connectivity index (χ3v) is 6.63. The fourth-order valence-electron chi connectivity index (χ4n) is 5.24. The molecule has 0 N–H and O–H groups in total. The summed E-state index contributed by atoms with van der Waals surface area (Å²) < 4.78 is 33.8. The topological polar surface area (TPSA) is 55.4 Å². The number of ether oxygens (including phenoxy) is 6. The summed E-state index contributed by atoms with van der Waals surface area (Å²) >= 11 is 0. The summed E-state index contributed by atoms with van der Waals surface area (Å²) in [5.41, 5.74) is 7.12. The predicted molar refractivity (Wildman–Crippen MR) is 121 cm³/mol. The maximum absolute atomic E-state index is 5.63. The Hall–Kier alpha value is -3.54. The fraction of sp³-hybridized carbons (Fsp3) is 0.308. The van der Waals surface area contributed by atoms with Crippen molar-refractivity contribution in [1.82, 2.24) is 0 Å². The van der Waals surface area contributed by atoms with Crippen LogP contribution in [0.25, 0.3) is 0 Å². The van der Waals surface area contributed by atoms with Gasteiger partial charge in [-0.2, -0.15) is 0 Å². The molecule has 2 bridgehead atoms. The first kappa shape index (κ1) is 20.4. The first-order chi connectivity index (χ1) is 15.6. The molecule has 6 heteroatoms. The molecule has 0 aliphatic heterocycles. The van der Waals surface area contributed by atoms with Gasteiger partial charge in [0.05, 0.1) is 42.7 Å². The van der Waals surface area contributed by atoms with E-state index in [1.807, 2.05) is 0 Å². The highest BCUT2D eigenvalue weighted by molar-refractivity contribution is 5.73. The highest BCUT2D eigenvalue weighted by atomic mass is 16.5. The summed E-state index contributed by atoms with van der Waals surface area (Å²) in [5.74, 6) is 4.24. The first-order valence-corrected chi connectivity index (χ1v) is 10.4. The van der Waals surface area contributed by atoms with Crippen LogP contribution in [0, 0.1) is 0 Å². The molecule has 0 heterocycles. The van der Waals surface area contributed by atoms with Gasteiger partial charge in [-0.05, 0) is 69.8 Å². The van der Waals surface area contributed by atoms with Gasteiger partial charge in [0.25, 0.3) is 0 Å². The van der Waals surface area contributed by atoms with Crippen molar-refractivity contribution in [2.24, 2.45) is 0 Å². The molecule has 0 unspecified atom stereocenters. The lowest BCUT2D eigenvalue weighted by Crippen LogP contribution is -2.28. The Morgan fingerprint density at radius 3 is 0.625 bits per heavy atom. The minimum Gasteiger partial charge on any atom is -0.493 e. The average molecular weight is 434 g/mol. The number of benzene rings is 3.